The lowest BCUT2D eigenvalue weighted by Gasteiger charge is -2.31. The summed E-state index contributed by atoms with van der Waals surface area (Å²) in [6, 6.07) is 3.34. The van der Waals surface area contributed by atoms with Gasteiger partial charge in [-0.05, 0) is 37.6 Å². The SMILES string of the molecule is O=C(CN1CCC[C@H]1CO)Nc1cc(C(F)(F)F)ccc1N1CCOCC1. The molecule has 0 aromatic heterocycles. The van der Waals surface area contributed by atoms with E-state index in [1.807, 2.05) is 9.80 Å². The summed E-state index contributed by atoms with van der Waals surface area (Å²) in [5, 5.41) is 12.0. The highest BCUT2D eigenvalue weighted by molar-refractivity contribution is 5.96. The Labute approximate surface area is 155 Å². The Morgan fingerprint density at radius 1 is 1.26 bits per heavy atom. The zero-order chi connectivity index (χ0) is 19.4. The maximum Gasteiger partial charge on any atom is 0.416 e. The molecule has 27 heavy (non-hydrogen) atoms. The molecule has 3 rings (SSSR count). The maximum absolute atomic E-state index is 13.1. The van der Waals surface area contributed by atoms with E-state index in [0.717, 1.165) is 25.0 Å². The van der Waals surface area contributed by atoms with Crippen LogP contribution in [0.25, 0.3) is 0 Å². The number of carbonyl (C=O) groups is 1. The molecule has 2 N–H and O–H groups in total. The van der Waals surface area contributed by atoms with Crippen LogP contribution in [0.1, 0.15) is 18.4 Å². The number of nitrogens with one attached hydrogen (secondary N) is 1. The molecule has 6 nitrogen and oxygen atoms in total. The number of hydrogen-bond acceptors (Lipinski definition) is 5. The molecule has 0 bridgehead atoms. The van der Waals surface area contributed by atoms with Gasteiger partial charge in [-0.25, -0.2) is 0 Å². The number of alkyl halides is 3. The van der Waals surface area contributed by atoms with E-state index in [4.69, 9.17) is 4.74 Å². The van der Waals surface area contributed by atoms with Crippen molar-refractivity contribution in [3.8, 4) is 0 Å². The normalized spacial score (nSPS) is 21.5. The van der Waals surface area contributed by atoms with Crippen molar-refractivity contribution < 1.29 is 27.8 Å². The van der Waals surface area contributed by atoms with Gasteiger partial charge in [0, 0.05) is 19.1 Å². The third-order valence-corrected chi connectivity index (χ3v) is 5.01. The van der Waals surface area contributed by atoms with Gasteiger partial charge < -0.3 is 20.1 Å². The van der Waals surface area contributed by atoms with Gasteiger partial charge in [0.1, 0.15) is 0 Å². The maximum atomic E-state index is 13.1. The van der Waals surface area contributed by atoms with E-state index in [1.165, 1.54) is 6.07 Å². The average Bonchev–Trinajstić information content (AvgIpc) is 3.08. The number of aliphatic hydroxyl groups excluding tert-OH is 1. The van der Waals surface area contributed by atoms with E-state index in [1.54, 1.807) is 0 Å². The third kappa shape index (κ3) is 4.91. The number of rotatable bonds is 5. The van der Waals surface area contributed by atoms with Gasteiger partial charge in [0.05, 0.1) is 43.3 Å². The van der Waals surface area contributed by atoms with E-state index in [0.29, 0.717) is 38.5 Å². The Morgan fingerprint density at radius 2 is 2.00 bits per heavy atom. The van der Waals surface area contributed by atoms with Crippen LogP contribution < -0.4 is 10.2 Å². The van der Waals surface area contributed by atoms with Crippen LogP contribution in [0.3, 0.4) is 0 Å². The zero-order valence-electron chi connectivity index (χ0n) is 15.0. The van der Waals surface area contributed by atoms with Gasteiger partial charge in [-0.2, -0.15) is 13.2 Å². The average molecular weight is 387 g/mol. The summed E-state index contributed by atoms with van der Waals surface area (Å²) >= 11 is 0. The number of aliphatic hydroxyl groups is 1. The predicted octanol–water partition coefficient (Wildman–Crippen LogP) is 1.94. The van der Waals surface area contributed by atoms with Gasteiger partial charge in [0.2, 0.25) is 5.91 Å². The number of amides is 1. The Morgan fingerprint density at radius 3 is 2.67 bits per heavy atom. The van der Waals surface area contributed by atoms with E-state index in [-0.39, 0.29) is 30.8 Å². The second-order valence-corrected chi connectivity index (χ2v) is 6.83. The second-order valence-electron chi connectivity index (χ2n) is 6.83. The molecule has 0 spiro atoms. The molecule has 1 amide bonds. The van der Waals surface area contributed by atoms with Gasteiger partial charge in [0.25, 0.3) is 0 Å². The minimum absolute atomic E-state index is 0.0319. The Kier molecular flexibility index (Phi) is 6.23. The number of anilines is 2. The smallest absolute Gasteiger partial charge is 0.395 e. The molecule has 0 radical (unpaired) electrons. The first-order valence-electron chi connectivity index (χ1n) is 9.07. The van der Waals surface area contributed by atoms with Crippen molar-refractivity contribution in [3.05, 3.63) is 23.8 Å². The van der Waals surface area contributed by atoms with E-state index < -0.39 is 11.7 Å². The minimum Gasteiger partial charge on any atom is -0.395 e. The fourth-order valence-corrected chi connectivity index (χ4v) is 3.58. The summed E-state index contributed by atoms with van der Waals surface area (Å²) < 4.78 is 44.7. The van der Waals surface area contributed by atoms with Crippen molar-refractivity contribution in [2.75, 3.05) is 56.2 Å². The molecule has 1 atom stereocenters. The topological polar surface area (TPSA) is 65.0 Å². The van der Waals surface area contributed by atoms with Gasteiger partial charge in [0.15, 0.2) is 0 Å². The van der Waals surface area contributed by atoms with Crippen molar-refractivity contribution in [2.45, 2.75) is 25.1 Å². The first-order chi connectivity index (χ1) is 12.9. The largest absolute Gasteiger partial charge is 0.416 e. The highest BCUT2D eigenvalue weighted by Gasteiger charge is 2.32. The molecular formula is C18H24F3N3O3. The molecule has 2 aliphatic rings. The number of hydrogen-bond donors (Lipinski definition) is 2. The van der Waals surface area contributed by atoms with Gasteiger partial charge in [-0.15, -0.1) is 0 Å². The molecule has 2 saturated heterocycles. The molecule has 0 saturated carbocycles. The quantitative estimate of drug-likeness (QED) is 0.809. The summed E-state index contributed by atoms with van der Waals surface area (Å²) in [5.74, 6) is -0.385. The molecule has 0 aliphatic carbocycles. The van der Waals surface area contributed by atoms with Gasteiger partial charge in [-0.1, -0.05) is 0 Å². The number of nitrogens with zero attached hydrogens (tertiary/aromatic N) is 2. The standard InChI is InChI=1S/C18H24F3N3O3/c19-18(20,21)13-3-4-16(23-6-8-27-9-7-23)15(10-13)22-17(26)11-24-5-1-2-14(24)12-25/h3-4,10,14,25H,1-2,5-9,11-12H2,(H,22,26)/t14-/m0/s1. The van der Waals surface area contributed by atoms with Crippen LogP contribution in [0.5, 0.6) is 0 Å². The van der Waals surface area contributed by atoms with E-state index in [2.05, 4.69) is 5.32 Å². The first-order valence-corrected chi connectivity index (χ1v) is 9.07. The molecule has 1 aromatic carbocycles. The Balaban J connectivity index is 1.79. The molecule has 150 valence electrons. The molecule has 1 aromatic rings. The van der Waals surface area contributed by atoms with Crippen LogP contribution in [0.2, 0.25) is 0 Å². The molecule has 9 heteroatoms. The van der Waals surface area contributed by atoms with Gasteiger partial charge in [-0.3, -0.25) is 9.69 Å². The minimum atomic E-state index is -4.49. The van der Waals surface area contributed by atoms with Crippen molar-refractivity contribution >= 4 is 17.3 Å². The summed E-state index contributed by atoms with van der Waals surface area (Å²) in [5.41, 5.74) is -0.0968. The molecule has 2 fully saturated rings. The van der Waals surface area contributed by atoms with Crippen LogP contribution >= 0.6 is 0 Å². The predicted molar refractivity (Wildman–Crippen MR) is 94.8 cm³/mol. The lowest BCUT2D eigenvalue weighted by Crippen LogP contribution is -2.39. The number of likely N-dealkylation sites (tertiary alicyclic amines) is 1. The van der Waals surface area contributed by atoms with Gasteiger partial charge >= 0.3 is 6.18 Å². The summed E-state index contributed by atoms with van der Waals surface area (Å²) in [6.45, 7) is 2.78. The summed E-state index contributed by atoms with van der Waals surface area (Å²) in [4.78, 5) is 16.2. The fraction of sp³-hybridized carbons (Fsp3) is 0.611. The third-order valence-electron chi connectivity index (χ3n) is 5.01. The van der Waals surface area contributed by atoms with Crippen molar-refractivity contribution in [3.63, 3.8) is 0 Å². The van der Waals surface area contributed by atoms with Crippen LogP contribution in [0, 0.1) is 0 Å². The van der Waals surface area contributed by atoms with Crippen LogP contribution in [0.4, 0.5) is 24.5 Å². The summed E-state index contributed by atoms with van der Waals surface area (Å²) in [7, 11) is 0. The van der Waals surface area contributed by atoms with Crippen molar-refractivity contribution in [1.82, 2.24) is 4.90 Å². The van der Waals surface area contributed by atoms with Crippen LogP contribution in [-0.4, -0.2) is 68.0 Å². The molecule has 0 unspecified atom stereocenters. The first kappa shape index (κ1) is 19.9. The van der Waals surface area contributed by atoms with E-state index >= 15 is 0 Å². The molecule has 2 aliphatic heterocycles. The number of ether oxygens (including phenoxy) is 1. The lowest BCUT2D eigenvalue weighted by molar-refractivity contribution is -0.137. The Bertz CT molecular complexity index is 663. The molecular weight excluding hydrogens is 363 g/mol. The lowest BCUT2D eigenvalue weighted by atomic mass is 10.1. The van der Waals surface area contributed by atoms with Crippen LogP contribution in [-0.2, 0) is 15.7 Å². The van der Waals surface area contributed by atoms with E-state index in [9.17, 15) is 23.1 Å². The fourth-order valence-electron chi connectivity index (χ4n) is 3.58. The second kappa shape index (κ2) is 8.45. The monoisotopic (exact) mass is 387 g/mol. The zero-order valence-corrected chi connectivity index (χ0v) is 15.0. The Hall–Kier alpha value is -1.84. The summed E-state index contributed by atoms with van der Waals surface area (Å²) in [6.07, 6.45) is -2.78. The van der Waals surface area contributed by atoms with Crippen molar-refractivity contribution in [2.24, 2.45) is 0 Å². The number of benzene rings is 1. The highest BCUT2D eigenvalue weighted by atomic mass is 19.4. The van der Waals surface area contributed by atoms with Crippen LogP contribution in [0.15, 0.2) is 18.2 Å². The molecule has 2 heterocycles. The number of halogens is 3. The number of morpholine rings is 1. The van der Waals surface area contributed by atoms with Crippen molar-refractivity contribution in [1.29, 1.82) is 0 Å². The number of carbonyl (C=O) groups excluding carboxylic acids is 1. The highest BCUT2D eigenvalue weighted by Crippen LogP contribution is 2.35.